The Labute approximate surface area is 78.1 Å². The molecule has 0 aliphatic carbocycles. The van der Waals surface area contributed by atoms with Crippen molar-refractivity contribution in [1.29, 1.82) is 0 Å². The van der Waals surface area contributed by atoms with Crippen molar-refractivity contribution in [3.63, 3.8) is 0 Å². The monoisotopic (exact) mass is 187 g/mol. The van der Waals surface area contributed by atoms with Crippen LogP contribution in [0, 0.1) is 5.41 Å². The van der Waals surface area contributed by atoms with E-state index in [-0.39, 0.29) is 17.9 Å². The first-order valence-electron chi connectivity index (χ1n) is 4.62. The second-order valence-electron chi connectivity index (χ2n) is 3.88. The molecule has 2 unspecified atom stereocenters. The van der Waals surface area contributed by atoms with Gasteiger partial charge in [-0.15, -0.1) is 0 Å². The molecule has 13 heavy (non-hydrogen) atoms. The predicted molar refractivity (Wildman–Crippen MR) is 48.4 cm³/mol. The fraction of sp³-hybridized carbons (Fsp3) is 0.889. The van der Waals surface area contributed by atoms with Gasteiger partial charge in [0.1, 0.15) is 0 Å². The average Bonchev–Trinajstić information content (AvgIpc) is 2.04. The maximum Gasteiger partial charge on any atom is 0.304 e. The van der Waals surface area contributed by atoms with Gasteiger partial charge in [-0.3, -0.25) is 4.79 Å². The number of carbonyl (C=O) groups is 1. The van der Waals surface area contributed by atoms with Gasteiger partial charge in [-0.25, -0.2) is 0 Å². The van der Waals surface area contributed by atoms with Crippen LogP contribution in [0.5, 0.6) is 0 Å². The molecule has 4 nitrogen and oxygen atoms in total. The first-order chi connectivity index (χ1) is 6.07. The normalized spacial score (nSPS) is 31.2. The summed E-state index contributed by atoms with van der Waals surface area (Å²) in [4.78, 5) is 10.7. The second kappa shape index (κ2) is 4.07. The summed E-state index contributed by atoms with van der Waals surface area (Å²) in [7, 11) is 0. The lowest BCUT2D eigenvalue weighted by molar-refractivity contribution is -0.143. The average molecular weight is 187 g/mol. The molecule has 0 aromatic heterocycles. The zero-order valence-electron chi connectivity index (χ0n) is 7.95. The van der Waals surface area contributed by atoms with E-state index in [0.29, 0.717) is 6.61 Å². The lowest BCUT2D eigenvalue weighted by atomic mass is 9.74. The molecule has 0 radical (unpaired) electrons. The second-order valence-corrected chi connectivity index (χ2v) is 3.88. The Morgan fingerprint density at radius 1 is 1.77 bits per heavy atom. The third kappa shape index (κ3) is 2.42. The maximum atomic E-state index is 10.7. The van der Waals surface area contributed by atoms with Gasteiger partial charge in [-0.1, -0.05) is 0 Å². The highest BCUT2D eigenvalue weighted by molar-refractivity contribution is 5.67. The molecule has 0 amide bonds. The van der Waals surface area contributed by atoms with E-state index >= 15 is 0 Å². The first kappa shape index (κ1) is 10.5. The topological polar surface area (TPSA) is 72.6 Å². The molecule has 1 aliphatic heterocycles. The molecule has 1 aliphatic rings. The molecule has 0 spiro atoms. The Balaban J connectivity index is 2.67. The number of rotatable bonds is 3. The molecule has 0 bridgehead atoms. The molecule has 76 valence electrons. The molecule has 0 saturated carbocycles. The summed E-state index contributed by atoms with van der Waals surface area (Å²) < 4.78 is 5.30. The largest absolute Gasteiger partial charge is 0.481 e. The van der Waals surface area contributed by atoms with Gasteiger partial charge in [0.05, 0.1) is 13.0 Å². The first-order valence-corrected chi connectivity index (χ1v) is 4.62. The van der Waals surface area contributed by atoms with Crippen LogP contribution in [0.25, 0.3) is 0 Å². The van der Waals surface area contributed by atoms with Crippen LogP contribution in [0.4, 0.5) is 0 Å². The van der Waals surface area contributed by atoms with Gasteiger partial charge in [0.2, 0.25) is 0 Å². The van der Waals surface area contributed by atoms with E-state index in [1.54, 1.807) is 0 Å². The van der Waals surface area contributed by atoms with E-state index in [4.69, 9.17) is 15.6 Å². The Morgan fingerprint density at radius 3 is 2.85 bits per heavy atom. The molecule has 3 N–H and O–H groups in total. The fourth-order valence-electron chi connectivity index (χ4n) is 1.83. The van der Waals surface area contributed by atoms with Crippen molar-refractivity contribution in [2.75, 3.05) is 13.2 Å². The lowest BCUT2D eigenvalue weighted by Crippen LogP contribution is -2.47. The molecule has 1 saturated heterocycles. The quantitative estimate of drug-likeness (QED) is 0.678. The summed E-state index contributed by atoms with van der Waals surface area (Å²) in [5.74, 6) is -0.789. The van der Waals surface area contributed by atoms with Crippen molar-refractivity contribution in [1.82, 2.24) is 0 Å². The number of carboxylic acids is 1. The van der Waals surface area contributed by atoms with Crippen LogP contribution < -0.4 is 5.73 Å². The van der Waals surface area contributed by atoms with Crippen LogP contribution >= 0.6 is 0 Å². The molecule has 1 heterocycles. The van der Waals surface area contributed by atoms with Gasteiger partial charge in [0.25, 0.3) is 0 Å². The van der Waals surface area contributed by atoms with Crippen molar-refractivity contribution in [2.45, 2.75) is 32.2 Å². The summed E-state index contributed by atoms with van der Waals surface area (Å²) in [6.45, 7) is 3.07. The van der Waals surface area contributed by atoms with E-state index in [1.165, 1.54) is 0 Å². The minimum absolute atomic E-state index is 0.116. The van der Waals surface area contributed by atoms with Gasteiger partial charge < -0.3 is 15.6 Å². The van der Waals surface area contributed by atoms with E-state index in [1.807, 2.05) is 6.92 Å². The maximum absolute atomic E-state index is 10.7. The molecule has 1 rings (SSSR count). The number of aliphatic carboxylic acids is 1. The predicted octanol–water partition coefficient (Wildman–Crippen LogP) is 0.605. The zero-order chi connectivity index (χ0) is 9.90. The molecule has 0 aromatic rings. The fourth-order valence-corrected chi connectivity index (χ4v) is 1.83. The number of carboxylic acid groups (broad SMARTS) is 1. The van der Waals surface area contributed by atoms with E-state index in [0.717, 1.165) is 19.4 Å². The summed E-state index contributed by atoms with van der Waals surface area (Å²) in [6, 6.07) is -0.121. The number of ether oxygens (including phenoxy) is 1. The van der Waals surface area contributed by atoms with Crippen molar-refractivity contribution >= 4 is 5.97 Å². The van der Waals surface area contributed by atoms with Crippen molar-refractivity contribution in [3.8, 4) is 0 Å². The molecule has 4 heteroatoms. The third-order valence-corrected chi connectivity index (χ3v) is 2.82. The van der Waals surface area contributed by atoms with Crippen LogP contribution in [-0.4, -0.2) is 30.3 Å². The van der Waals surface area contributed by atoms with Gasteiger partial charge in [-0.05, 0) is 19.8 Å². The minimum atomic E-state index is -0.789. The van der Waals surface area contributed by atoms with Gasteiger partial charge in [-0.2, -0.15) is 0 Å². The lowest BCUT2D eigenvalue weighted by Gasteiger charge is -2.39. The summed E-state index contributed by atoms with van der Waals surface area (Å²) in [5.41, 5.74) is 5.46. The smallest absolute Gasteiger partial charge is 0.304 e. The summed E-state index contributed by atoms with van der Waals surface area (Å²) in [6.07, 6.45) is 1.89. The number of nitrogens with two attached hydrogens (primary N) is 1. The van der Waals surface area contributed by atoms with Gasteiger partial charge in [0.15, 0.2) is 0 Å². The summed E-state index contributed by atoms with van der Waals surface area (Å²) >= 11 is 0. The van der Waals surface area contributed by atoms with E-state index < -0.39 is 5.97 Å². The highest BCUT2D eigenvalue weighted by atomic mass is 16.5. The molecule has 2 atom stereocenters. The Bertz CT molecular complexity index is 185. The Morgan fingerprint density at radius 2 is 2.46 bits per heavy atom. The van der Waals surface area contributed by atoms with Crippen LogP contribution in [0.15, 0.2) is 0 Å². The van der Waals surface area contributed by atoms with Crippen LogP contribution in [-0.2, 0) is 9.53 Å². The number of hydrogen-bond acceptors (Lipinski definition) is 3. The van der Waals surface area contributed by atoms with Crippen LogP contribution in [0.3, 0.4) is 0 Å². The van der Waals surface area contributed by atoms with Crippen LogP contribution in [0.1, 0.15) is 26.2 Å². The highest BCUT2D eigenvalue weighted by Crippen LogP contribution is 2.34. The zero-order valence-corrected chi connectivity index (χ0v) is 7.95. The van der Waals surface area contributed by atoms with Crippen molar-refractivity contribution in [2.24, 2.45) is 11.1 Å². The van der Waals surface area contributed by atoms with E-state index in [9.17, 15) is 4.79 Å². The van der Waals surface area contributed by atoms with Crippen molar-refractivity contribution in [3.05, 3.63) is 0 Å². The Hall–Kier alpha value is -0.610. The highest BCUT2D eigenvalue weighted by Gasteiger charge is 2.38. The van der Waals surface area contributed by atoms with Crippen molar-refractivity contribution < 1.29 is 14.6 Å². The molecular weight excluding hydrogens is 170 g/mol. The number of hydrogen-bond donors (Lipinski definition) is 2. The standard InChI is InChI=1S/C9H17NO3/c1-7(10)9(5-8(11)12)3-2-4-13-6-9/h7H,2-6,10H2,1H3,(H,11,12). The summed E-state index contributed by atoms with van der Waals surface area (Å²) in [5, 5.41) is 8.77. The SMILES string of the molecule is CC(N)C1(CC(=O)O)CCCOC1. The third-order valence-electron chi connectivity index (χ3n) is 2.82. The minimum Gasteiger partial charge on any atom is -0.481 e. The van der Waals surface area contributed by atoms with Crippen LogP contribution in [0.2, 0.25) is 0 Å². The molecular formula is C9H17NO3. The van der Waals surface area contributed by atoms with Gasteiger partial charge in [0, 0.05) is 18.1 Å². The van der Waals surface area contributed by atoms with Gasteiger partial charge >= 0.3 is 5.97 Å². The molecule has 0 aromatic carbocycles. The Kier molecular flexibility index (Phi) is 3.27. The molecule has 1 fully saturated rings. The van der Waals surface area contributed by atoms with E-state index in [2.05, 4.69) is 0 Å².